The van der Waals surface area contributed by atoms with E-state index in [1.165, 1.54) is 31.2 Å². The van der Waals surface area contributed by atoms with E-state index in [1.54, 1.807) is 0 Å². The lowest BCUT2D eigenvalue weighted by Crippen LogP contribution is -2.41. The maximum absolute atomic E-state index is 12.9. The fraction of sp³-hybridized carbons (Fsp3) is 0.400. The van der Waals surface area contributed by atoms with Gasteiger partial charge in [0.25, 0.3) is 11.4 Å². The van der Waals surface area contributed by atoms with Gasteiger partial charge in [-0.25, -0.2) is 9.59 Å². The van der Waals surface area contributed by atoms with Crippen molar-refractivity contribution < 1.29 is 47.9 Å². The normalized spacial score (nSPS) is 10.5. The van der Waals surface area contributed by atoms with Gasteiger partial charge in [-0.05, 0) is 49.6 Å². The molecule has 0 unspecified atom stereocenters. The SMILES string of the molecule is CC(COC(=O)Oc1ccc([N+](=O)[O-])cc1)(COC(=O)Oc1ccc([N+](=O)[O-])cc1)C(=O)OCCCCCCN=[N+]=[N-]. The smallest absolute Gasteiger partial charge is 0.465 e. The molecule has 17 nitrogen and oxygen atoms in total. The molecule has 0 aromatic heterocycles. The van der Waals surface area contributed by atoms with E-state index in [0.29, 0.717) is 25.8 Å². The highest BCUT2D eigenvalue weighted by Gasteiger charge is 2.39. The summed E-state index contributed by atoms with van der Waals surface area (Å²) in [6, 6.07) is 9.17. The summed E-state index contributed by atoms with van der Waals surface area (Å²) >= 11 is 0. The Morgan fingerprint density at radius 1 is 0.786 bits per heavy atom. The number of hydrogen-bond acceptors (Lipinski definition) is 13. The Balaban J connectivity index is 1.97. The number of non-ortho nitro benzene ring substituents is 2. The average Bonchev–Trinajstić information content (AvgIpc) is 2.97. The van der Waals surface area contributed by atoms with Gasteiger partial charge in [-0.1, -0.05) is 18.0 Å². The molecule has 0 amide bonds. The predicted molar refractivity (Wildman–Crippen MR) is 142 cm³/mol. The van der Waals surface area contributed by atoms with E-state index in [9.17, 15) is 34.6 Å². The van der Waals surface area contributed by atoms with Crippen molar-refractivity contribution in [1.82, 2.24) is 0 Å². The number of ether oxygens (including phenoxy) is 5. The number of rotatable bonds is 16. The Morgan fingerprint density at radius 3 is 1.67 bits per heavy atom. The van der Waals surface area contributed by atoms with Crippen LogP contribution in [0.2, 0.25) is 0 Å². The lowest BCUT2D eigenvalue weighted by molar-refractivity contribution is -0.385. The molecule has 2 rings (SSSR count). The standard InChI is InChI=1S/C25H27N5O12/c1-25(22(31)38-15-5-3-2-4-14-27-28-26,16-39-23(32)41-20-10-6-18(7-11-20)29(34)35)17-40-24(33)42-21-12-8-19(9-13-21)30(36)37/h6-13H,2-5,14-17H2,1H3. The molecule has 0 radical (unpaired) electrons. The van der Waals surface area contributed by atoms with E-state index in [2.05, 4.69) is 10.0 Å². The highest BCUT2D eigenvalue weighted by Crippen LogP contribution is 2.23. The van der Waals surface area contributed by atoms with Crippen LogP contribution in [0.1, 0.15) is 32.6 Å². The second-order valence-electron chi connectivity index (χ2n) is 8.85. The molecular formula is C25H27N5O12. The van der Waals surface area contributed by atoms with Crippen LogP contribution in [-0.4, -0.2) is 54.5 Å². The van der Waals surface area contributed by atoms with E-state index in [0.717, 1.165) is 30.7 Å². The molecule has 224 valence electrons. The van der Waals surface area contributed by atoms with Crippen molar-refractivity contribution in [3.63, 3.8) is 0 Å². The maximum atomic E-state index is 12.9. The lowest BCUT2D eigenvalue weighted by Gasteiger charge is -2.26. The molecule has 2 aromatic rings. The highest BCUT2D eigenvalue weighted by atomic mass is 16.7. The fourth-order valence-electron chi connectivity index (χ4n) is 3.14. The van der Waals surface area contributed by atoms with E-state index in [1.807, 2.05) is 0 Å². The zero-order chi connectivity index (χ0) is 31.0. The summed E-state index contributed by atoms with van der Waals surface area (Å²) in [4.78, 5) is 60.3. The minimum absolute atomic E-state index is 0.0103. The van der Waals surface area contributed by atoms with Gasteiger partial charge >= 0.3 is 18.3 Å². The maximum Gasteiger partial charge on any atom is 0.513 e. The van der Waals surface area contributed by atoms with Crippen LogP contribution in [0.5, 0.6) is 11.5 Å². The Morgan fingerprint density at radius 2 is 1.24 bits per heavy atom. The number of esters is 1. The topological polar surface area (TPSA) is 232 Å². The molecule has 0 atom stereocenters. The van der Waals surface area contributed by atoms with Crippen LogP contribution in [0.25, 0.3) is 10.4 Å². The molecule has 0 aliphatic carbocycles. The number of unbranched alkanes of at least 4 members (excludes halogenated alkanes) is 3. The first-order chi connectivity index (χ1) is 20.0. The van der Waals surface area contributed by atoms with E-state index < -0.39 is 46.8 Å². The number of hydrogen-bond donors (Lipinski definition) is 0. The average molecular weight is 590 g/mol. The summed E-state index contributed by atoms with van der Waals surface area (Å²) in [6.45, 7) is 0.391. The zero-order valence-corrected chi connectivity index (χ0v) is 22.4. The third-order valence-corrected chi connectivity index (χ3v) is 5.46. The minimum atomic E-state index is -1.70. The Hall–Kier alpha value is -5.44. The third kappa shape index (κ3) is 11.4. The van der Waals surface area contributed by atoms with E-state index in [4.69, 9.17) is 29.2 Å². The summed E-state index contributed by atoms with van der Waals surface area (Å²) in [5, 5.41) is 25.0. The molecule has 0 bridgehead atoms. The van der Waals surface area contributed by atoms with Gasteiger partial charge in [0.05, 0.1) is 16.5 Å². The van der Waals surface area contributed by atoms with Gasteiger partial charge in [0, 0.05) is 35.7 Å². The molecule has 2 aromatic carbocycles. The predicted octanol–water partition coefficient (Wildman–Crippen LogP) is 5.65. The molecule has 0 aliphatic rings. The molecule has 0 heterocycles. The summed E-state index contributed by atoms with van der Waals surface area (Å²) in [5.74, 6) is -0.973. The summed E-state index contributed by atoms with van der Waals surface area (Å²) in [6.07, 6.45) is 0.104. The van der Waals surface area contributed by atoms with Gasteiger partial charge in [-0.2, -0.15) is 0 Å². The molecule has 0 fully saturated rings. The van der Waals surface area contributed by atoms with Gasteiger partial charge < -0.3 is 23.7 Å². The Bertz CT molecular complexity index is 1220. The summed E-state index contributed by atoms with van der Waals surface area (Å²) in [5.41, 5.74) is 6.13. The van der Waals surface area contributed by atoms with Gasteiger partial charge in [-0.15, -0.1) is 0 Å². The number of benzene rings is 2. The molecule has 0 spiro atoms. The van der Waals surface area contributed by atoms with E-state index >= 15 is 0 Å². The first-order valence-electron chi connectivity index (χ1n) is 12.4. The van der Waals surface area contributed by atoms with Gasteiger partial charge in [-0.3, -0.25) is 25.0 Å². The van der Waals surface area contributed by atoms with Crippen molar-refractivity contribution in [3.8, 4) is 11.5 Å². The van der Waals surface area contributed by atoms with Crippen LogP contribution in [0.3, 0.4) is 0 Å². The number of carbonyl (C=O) groups excluding carboxylic acids is 3. The zero-order valence-electron chi connectivity index (χ0n) is 22.4. The number of nitro benzene ring substituents is 2. The molecule has 0 aliphatic heterocycles. The van der Waals surface area contributed by atoms with Gasteiger partial charge in [0.2, 0.25) is 0 Å². The quantitative estimate of drug-likeness (QED) is 0.0266. The number of nitrogens with zero attached hydrogens (tertiary/aromatic N) is 5. The van der Waals surface area contributed by atoms with Crippen molar-refractivity contribution in [2.24, 2.45) is 10.5 Å². The van der Waals surface area contributed by atoms with E-state index in [-0.39, 0.29) is 29.5 Å². The number of carbonyl (C=O) groups is 3. The van der Waals surface area contributed by atoms with Crippen LogP contribution in [0, 0.1) is 25.6 Å². The molecule has 0 saturated carbocycles. The molecule has 17 heteroatoms. The first-order valence-corrected chi connectivity index (χ1v) is 12.4. The molecule has 0 N–H and O–H groups in total. The largest absolute Gasteiger partial charge is 0.513 e. The number of nitro groups is 2. The Kier molecular flexibility index (Phi) is 13.0. The molecule has 0 saturated heterocycles. The third-order valence-electron chi connectivity index (χ3n) is 5.46. The van der Waals surface area contributed by atoms with Crippen molar-refractivity contribution in [2.45, 2.75) is 32.6 Å². The molecular weight excluding hydrogens is 562 g/mol. The van der Waals surface area contributed by atoms with Crippen LogP contribution in [0.15, 0.2) is 53.6 Å². The summed E-state index contributed by atoms with van der Waals surface area (Å²) in [7, 11) is 0. The van der Waals surface area contributed by atoms with Crippen molar-refractivity contribution in [2.75, 3.05) is 26.4 Å². The van der Waals surface area contributed by atoms with Crippen molar-refractivity contribution in [1.29, 1.82) is 0 Å². The van der Waals surface area contributed by atoms with Gasteiger partial charge in [0.1, 0.15) is 30.1 Å². The Labute approximate surface area is 238 Å². The van der Waals surface area contributed by atoms with Crippen molar-refractivity contribution in [3.05, 3.63) is 79.2 Å². The first kappa shape index (κ1) is 32.8. The summed E-state index contributed by atoms with van der Waals surface area (Å²) < 4.78 is 25.3. The van der Waals surface area contributed by atoms with Crippen LogP contribution < -0.4 is 9.47 Å². The van der Waals surface area contributed by atoms with Crippen LogP contribution in [0.4, 0.5) is 21.0 Å². The van der Waals surface area contributed by atoms with Gasteiger partial charge in [0.15, 0.2) is 0 Å². The van der Waals surface area contributed by atoms with Crippen LogP contribution in [-0.2, 0) is 19.0 Å². The second-order valence-corrected chi connectivity index (χ2v) is 8.85. The van der Waals surface area contributed by atoms with Crippen molar-refractivity contribution >= 4 is 29.7 Å². The van der Waals surface area contributed by atoms with Crippen LogP contribution >= 0.6 is 0 Å². The number of azide groups is 1. The highest BCUT2D eigenvalue weighted by molar-refractivity contribution is 5.78. The molecule has 42 heavy (non-hydrogen) atoms. The monoisotopic (exact) mass is 589 g/mol. The minimum Gasteiger partial charge on any atom is -0.465 e. The second kappa shape index (κ2) is 16.6. The lowest BCUT2D eigenvalue weighted by atomic mass is 9.93. The fourth-order valence-corrected chi connectivity index (χ4v) is 3.14.